The molecule has 1 aromatic rings. The predicted molar refractivity (Wildman–Crippen MR) is 72.3 cm³/mol. The topological polar surface area (TPSA) is 65.4 Å². The van der Waals surface area contributed by atoms with Gasteiger partial charge in [-0.25, -0.2) is 4.79 Å². The van der Waals surface area contributed by atoms with E-state index in [1.54, 1.807) is 4.90 Å². The molecule has 106 valence electrons. The summed E-state index contributed by atoms with van der Waals surface area (Å²) >= 11 is 0. The Kier molecular flexibility index (Phi) is 3.56. The van der Waals surface area contributed by atoms with Crippen molar-refractivity contribution in [2.75, 3.05) is 6.54 Å². The summed E-state index contributed by atoms with van der Waals surface area (Å²) in [5, 5.41) is 13.2. The highest BCUT2D eigenvalue weighted by Gasteiger charge is 2.45. The van der Waals surface area contributed by atoms with Gasteiger partial charge in [0.15, 0.2) is 0 Å². The summed E-state index contributed by atoms with van der Waals surface area (Å²) in [6.07, 6.45) is 3.06. The average Bonchev–Trinajstić information content (AvgIpc) is 2.73. The number of urea groups is 1. The summed E-state index contributed by atoms with van der Waals surface area (Å²) in [5.41, 5.74) is 1.03. The first kappa shape index (κ1) is 12.9. The normalized spacial score (nSPS) is 25.7. The maximum absolute atomic E-state index is 12.3. The molecular weight excluding hydrogens is 258 g/mol. The van der Waals surface area contributed by atoms with Gasteiger partial charge in [0, 0.05) is 6.54 Å². The first-order chi connectivity index (χ1) is 9.79. The molecule has 2 saturated heterocycles. The average molecular weight is 275 g/mol. The zero-order chi connectivity index (χ0) is 13.9. The van der Waals surface area contributed by atoms with Crippen molar-refractivity contribution >= 4 is 12.2 Å². The first-order valence-electron chi connectivity index (χ1n) is 6.74. The molecule has 2 heterocycles. The number of nitrogens with zero attached hydrogens (tertiary/aromatic N) is 3. The highest BCUT2D eigenvalue weighted by molar-refractivity contribution is 5.81. The SMILES string of the molecule is O=C1N2CC(CCC2C=NO)N1OCc1ccccc1. The molecule has 20 heavy (non-hydrogen) atoms. The molecule has 0 aliphatic carbocycles. The lowest BCUT2D eigenvalue weighted by Crippen LogP contribution is -2.40. The lowest BCUT2D eigenvalue weighted by atomic mass is 10.0. The highest BCUT2D eigenvalue weighted by atomic mass is 16.7. The molecule has 0 spiro atoms. The maximum atomic E-state index is 12.3. The Morgan fingerprint density at radius 3 is 2.90 bits per heavy atom. The summed E-state index contributed by atoms with van der Waals surface area (Å²) in [6, 6.07) is 9.59. The zero-order valence-electron chi connectivity index (χ0n) is 11.1. The van der Waals surface area contributed by atoms with Crippen LogP contribution < -0.4 is 0 Å². The first-order valence-corrected chi connectivity index (χ1v) is 6.74. The van der Waals surface area contributed by atoms with Crippen LogP contribution in [0.4, 0.5) is 4.79 Å². The van der Waals surface area contributed by atoms with Gasteiger partial charge in [0.2, 0.25) is 0 Å². The monoisotopic (exact) mass is 275 g/mol. The second-order valence-electron chi connectivity index (χ2n) is 5.08. The third-order valence-electron chi connectivity index (χ3n) is 3.82. The van der Waals surface area contributed by atoms with E-state index in [0.717, 1.165) is 18.4 Å². The Morgan fingerprint density at radius 1 is 1.35 bits per heavy atom. The fraction of sp³-hybridized carbons (Fsp3) is 0.429. The number of amides is 2. The van der Waals surface area contributed by atoms with Crippen molar-refractivity contribution in [3.8, 4) is 0 Å². The molecule has 2 aliphatic rings. The summed E-state index contributed by atoms with van der Waals surface area (Å²) < 4.78 is 0. The number of hydroxylamine groups is 2. The van der Waals surface area contributed by atoms with E-state index in [-0.39, 0.29) is 18.1 Å². The molecule has 2 unspecified atom stereocenters. The Bertz CT molecular complexity index is 506. The van der Waals surface area contributed by atoms with Crippen LogP contribution in [0, 0.1) is 0 Å². The quantitative estimate of drug-likeness (QED) is 0.518. The maximum Gasteiger partial charge on any atom is 0.344 e. The molecule has 1 aromatic carbocycles. The summed E-state index contributed by atoms with van der Waals surface area (Å²) in [7, 11) is 0. The Labute approximate surface area is 117 Å². The number of carbonyl (C=O) groups is 1. The number of hydrogen-bond acceptors (Lipinski definition) is 4. The van der Waals surface area contributed by atoms with Gasteiger partial charge in [0.1, 0.15) is 6.61 Å². The van der Waals surface area contributed by atoms with Crippen LogP contribution in [0.2, 0.25) is 0 Å². The van der Waals surface area contributed by atoms with E-state index in [9.17, 15) is 4.79 Å². The van der Waals surface area contributed by atoms with E-state index in [1.807, 2.05) is 30.3 Å². The molecule has 6 heteroatoms. The molecule has 0 saturated carbocycles. The number of benzene rings is 1. The second kappa shape index (κ2) is 5.50. The van der Waals surface area contributed by atoms with Crippen molar-refractivity contribution in [1.29, 1.82) is 0 Å². The lowest BCUT2D eigenvalue weighted by Gasteiger charge is -2.26. The van der Waals surface area contributed by atoms with Crippen LogP contribution in [0.25, 0.3) is 0 Å². The molecule has 2 amide bonds. The second-order valence-corrected chi connectivity index (χ2v) is 5.08. The van der Waals surface area contributed by atoms with Crippen LogP contribution in [-0.2, 0) is 11.4 Å². The van der Waals surface area contributed by atoms with E-state index in [1.165, 1.54) is 11.3 Å². The van der Waals surface area contributed by atoms with Gasteiger partial charge in [0.05, 0.1) is 18.3 Å². The Hall–Kier alpha value is -2.08. The van der Waals surface area contributed by atoms with Crippen LogP contribution in [0.1, 0.15) is 18.4 Å². The standard InChI is InChI=1S/C14H17N3O3/c18-14-16-9-13(7-6-12(16)8-15-19)17(14)20-10-11-4-2-1-3-5-11/h1-5,8,12-13,19H,6-7,9-10H2. The molecule has 2 fully saturated rings. The van der Waals surface area contributed by atoms with Crippen LogP contribution in [0.3, 0.4) is 0 Å². The smallest absolute Gasteiger partial charge is 0.344 e. The molecular formula is C14H17N3O3. The third kappa shape index (κ3) is 2.34. The number of rotatable bonds is 4. The van der Waals surface area contributed by atoms with Gasteiger partial charge >= 0.3 is 6.03 Å². The molecule has 3 rings (SSSR count). The molecule has 0 radical (unpaired) electrons. The summed E-state index contributed by atoms with van der Waals surface area (Å²) in [4.78, 5) is 19.6. The number of fused-ring (bicyclic) bond motifs is 2. The van der Waals surface area contributed by atoms with Crippen molar-refractivity contribution in [3.63, 3.8) is 0 Å². The minimum absolute atomic E-state index is 0.0922. The van der Waals surface area contributed by atoms with Gasteiger partial charge in [-0.3, -0.25) is 4.84 Å². The van der Waals surface area contributed by atoms with Gasteiger partial charge in [-0.2, -0.15) is 5.06 Å². The van der Waals surface area contributed by atoms with E-state index in [2.05, 4.69) is 5.16 Å². The fourth-order valence-electron chi connectivity index (χ4n) is 2.78. The van der Waals surface area contributed by atoms with E-state index in [4.69, 9.17) is 10.0 Å². The van der Waals surface area contributed by atoms with Crippen molar-refractivity contribution in [2.24, 2.45) is 5.16 Å². The van der Waals surface area contributed by atoms with Crippen LogP contribution >= 0.6 is 0 Å². The lowest BCUT2D eigenvalue weighted by molar-refractivity contribution is -0.140. The highest BCUT2D eigenvalue weighted by Crippen LogP contribution is 2.29. The van der Waals surface area contributed by atoms with Crippen LogP contribution in [0.15, 0.2) is 35.5 Å². The molecule has 2 atom stereocenters. The van der Waals surface area contributed by atoms with Crippen molar-refractivity contribution < 1.29 is 14.8 Å². The fourth-order valence-corrected chi connectivity index (χ4v) is 2.78. The Balaban J connectivity index is 1.65. The predicted octanol–water partition coefficient (Wildman–Crippen LogP) is 1.85. The largest absolute Gasteiger partial charge is 0.411 e. The third-order valence-corrected chi connectivity index (χ3v) is 3.82. The van der Waals surface area contributed by atoms with Gasteiger partial charge in [-0.05, 0) is 18.4 Å². The molecule has 2 aliphatic heterocycles. The Morgan fingerprint density at radius 2 is 2.15 bits per heavy atom. The summed E-state index contributed by atoms with van der Waals surface area (Å²) in [6.45, 7) is 1.01. The van der Waals surface area contributed by atoms with Crippen molar-refractivity contribution in [3.05, 3.63) is 35.9 Å². The van der Waals surface area contributed by atoms with E-state index in [0.29, 0.717) is 13.2 Å². The zero-order valence-corrected chi connectivity index (χ0v) is 11.1. The van der Waals surface area contributed by atoms with Gasteiger partial charge < -0.3 is 10.1 Å². The van der Waals surface area contributed by atoms with E-state index >= 15 is 0 Å². The van der Waals surface area contributed by atoms with Gasteiger partial charge in [-0.15, -0.1) is 0 Å². The van der Waals surface area contributed by atoms with Crippen molar-refractivity contribution in [1.82, 2.24) is 9.96 Å². The van der Waals surface area contributed by atoms with E-state index < -0.39 is 0 Å². The van der Waals surface area contributed by atoms with Crippen LogP contribution in [-0.4, -0.2) is 46.0 Å². The molecule has 0 aromatic heterocycles. The van der Waals surface area contributed by atoms with Gasteiger partial charge in [0.25, 0.3) is 0 Å². The minimum atomic E-state index is -0.145. The number of carbonyl (C=O) groups excluding carboxylic acids is 1. The molecule has 1 N–H and O–H groups in total. The minimum Gasteiger partial charge on any atom is -0.411 e. The molecule has 6 nitrogen and oxygen atoms in total. The summed E-state index contributed by atoms with van der Waals surface area (Å²) in [5.74, 6) is 0. The van der Waals surface area contributed by atoms with Gasteiger partial charge in [-0.1, -0.05) is 35.5 Å². The van der Waals surface area contributed by atoms with Crippen molar-refractivity contribution in [2.45, 2.75) is 31.5 Å². The molecule has 2 bridgehead atoms. The number of piperidine rings is 1. The van der Waals surface area contributed by atoms with Crippen LogP contribution in [0.5, 0.6) is 0 Å². The number of hydrogen-bond donors (Lipinski definition) is 1. The number of oxime groups is 1.